The highest BCUT2D eigenvalue weighted by atomic mass is 35.5. The molecule has 1 aromatic heterocycles. The van der Waals surface area contributed by atoms with Gasteiger partial charge in [-0.3, -0.25) is 10.1 Å². The average Bonchev–Trinajstić information content (AvgIpc) is 3.14. The number of ether oxygens (including phenoxy) is 2. The summed E-state index contributed by atoms with van der Waals surface area (Å²) in [7, 11) is 1.61. The van der Waals surface area contributed by atoms with Gasteiger partial charge in [0, 0.05) is 10.6 Å². The van der Waals surface area contributed by atoms with E-state index in [9.17, 15) is 4.79 Å². The normalized spacial score (nSPS) is 11.8. The Balaban J connectivity index is 1.65. The van der Waals surface area contributed by atoms with Crippen molar-refractivity contribution in [1.29, 1.82) is 0 Å². The van der Waals surface area contributed by atoms with Crippen LogP contribution in [0.1, 0.15) is 18.1 Å². The number of hydrogen-bond donors (Lipinski definition) is 1. The Morgan fingerprint density at radius 3 is 2.36 bits per heavy atom. The minimum absolute atomic E-state index is 0.303. The molecule has 3 rings (SSSR count). The summed E-state index contributed by atoms with van der Waals surface area (Å²) >= 11 is 7.46. The Morgan fingerprint density at radius 2 is 1.75 bits per heavy atom. The van der Waals surface area contributed by atoms with Crippen LogP contribution in [0, 0.1) is 13.8 Å². The fraction of sp³-hybridized carbons (Fsp3) is 0.250. The van der Waals surface area contributed by atoms with Crippen molar-refractivity contribution in [1.82, 2.24) is 10.2 Å². The number of carbonyl (C=O) groups excluding carboxylic acids is 1. The maximum atomic E-state index is 12.4. The van der Waals surface area contributed by atoms with Gasteiger partial charge in [0.1, 0.15) is 16.5 Å². The largest absolute Gasteiger partial charge is 0.497 e. The van der Waals surface area contributed by atoms with Gasteiger partial charge in [-0.05, 0) is 68.3 Å². The molecular formula is C20H20ClN3O3S. The van der Waals surface area contributed by atoms with Crippen molar-refractivity contribution in [3.05, 3.63) is 52.5 Å². The van der Waals surface area contributed by atoms with Crippen molar-refractivity contribution >= 4 is 34.0 Å². The van der Waals surface area contributed by atoms with Gasteiger partial charge in [-0.25, -0.2) is 0 Å². The van der Waals surface area contributed by atoms with Gasteiger partial charge in [-0.15, -0.1) is 10.2 Å². The van der Waals surface area contributed by atoms with Gasteiger partial charge in [0.05, 0.1) is 7.11 Å². The van der Waals surface area contributed by atoms with Crippen LogP contribution in [0.15, 0.2) is 36.4 Å². The maximum Gasteiger partial charge on any atom is 0.266 e. The number of halogens is 1. The summed E-state index contributed by atoms with van der Waals surface area (Å²) in [5.74, 6) is 1.06. The Morgan fingerprint density at radius 1 is 1.11 bits per heavy atom. The molecule has 2 aromatic carbocycles. The number of benzene rings is 2. The third-order valence-corrected chi connectivity index (χ3v) is 5.57. The van der Waals surface area contributed by atoms with E-state index in [0.717, 1.165) is 22.4 Å². The van der Waals surface area contributed by atoms with E-state index < -0.39 is 6.10 Å². The summed E-state index contributed by atoms with van der Waals surface area (Å²) in [5, 5.41) is 12.7. The fourth-order valence-corrected chi connectivity index (χ4v) is 3.42. The van der Waals surface area contributed by atoms with Crippen molar-refractivity contribution in [2.24, 2.45) is 0 Å². The summed E-state index contributed by atoms with van der Waals surface area (Å²) in [5.41, 5.74) is 2.70. The van der Waals surface area contributed by atoms with E-state index >= 15 is 0 Å². The molecule has 0 spiro atoms. The number of rotatable bonds is 6. The minimum atomic E-state index is -0.701. The molecule has 0 aliphatic heterocycles. The molecule has 0 fully saturated rings. The van der Waals surface area contributed by atoms with Gasteiger partial charge >= 0.3 is 0 Å². The number of aryl methyl sites for hydroxylation is 2. The molecule has 6 nitrogen and oxygen atoms in total. The van der Waals surface area contributed by atoms with E-state index in [1.165, 1.54) is 11.3 Å². The number of methoxy groups -OCH3 is 1. The van der Waals surface area contributed by atoms with Crippen LogP contribution < -0.4 is 14.8 Å². The molecule has 1 atom stereocenters. The monoisotopic (exact) mass is 417 g/mol. The van der Waals surface area contributed by atoms with Crippen LogP contribution in [0.5, 0.6) is 11.5 Å². The molecular weight excluding hydrogens is 398 g/mol. The zero-order chi connectivity index (χ0) is 20.3. The molecule has 1 unspecified atom stereocenters. The van der Waals surface area contributed by atoms with Crippen LogP contribution >= 0.6 is 22.9 Å². The highest BCUT2D eigenvalue weighted by Crippen LogP contribution is 2.29. The molecule has 0 saturated carbocycles. The van der Waals surface area contributed by atoms with Crippen LogP contribution in [0.4, 0.5) is 5.13 Å². The van der Waals surface area contributed by atoms with E-state index in [0.29, 0.717) is 20.9 Å². The Bertz CT molecular complexity index is 966. The lowest BCUT2D eigenvalue weighted by Crippen LogP contribution is -2.30. The number of aromatic nitrogens is 2. The lowest BCUT2D eigenvalue weighted by molar-refractivity contribution is -0.122. The van der Waals surface area contributed by atoms with Crippen LogP contribution in [-0.2, 0) is 4.79 Å². The highest BCUT2D eigenvalue weighted by Gasteiger charge is 2.18. The lowest BCUT2D eigenvalue weighted by atomic mass is 10.1. The molecule has 1 amide bonds. The van der Waals surface area contributed by atoms with Gasteiger partial charge in [0.15, 0.2) is 6.10 Å². The summed E-state index contributed by atoms with van der Waals surface area (Å²) in [6.07, 6.45) is -0.701. The first-order chi connectivity index (χ1) is 13.4. The lowest BCUT2D eigenvalue weighted by Gasteiger charge is -2.15. The predicted octanol–water partition coefficient (Wildman–Crippen LogP) is 4.89. The van der Waals surface area contributed by atoms with Gasteiger partial charge < -0.3 is 9.47 Å². The minimum Gasteiger partial charge on any atom is -0.497 e. The molecule has 0 aliphatic rings. The Kier molecular flexibility index (Phi) is 6.16. The van der Waals surface area contributed by atoms with E-state index in [4.69, 9.17) is 21.1 Å². The first-order valence-electron chi connectivity index (χ1n) is 8.59. The second-order valence-corrected chi connectivity index (χ2v) is 7.62. The Labute approximate surface area is 172 Å². The number of amides is 1. The quantitative estimate of drug-likeness (QED) is 0.618. The molecule has 0 saturated heterocycles. The van der Waals surface area contributed by atoms with Crippen LogP contribution in [0.2, 0.25) is 5.02 Å². The van der Waals surface area contributed by atoms with Gasteiger partial charge in [-0.1, -0.05) is 22.9 Å². The Hall–Kier alpha value is -2.64. The van der Waals surface area contributed by atoms with Crippen LogP contribution in [0.25, 0.3) is 10.6 Å². The first kappa shape index (κ1) is 20.1. The smallest absolute Gasteiger partial charge is 0.266 e. The predicted molar refractivity (Wildman–Crippen MR) is 112 cm³/mol. The number of anilines is 1. The third kappa shape index (κ3) is 4.61. The molecule has 0 bridgehead atoms. The molecule has 28 heavy (non-hydrogen) atoms. The van der Waals surface area contributed by atoms with E-state index in [1.807, 2.05) is 50.2 Å². The zero-order valence-electron chi connectivity index (χ0n) is 15.9. The summed E-state index contributed by atoms with van der Waals surface area (Å²) < 4.78 is 10.9. The number of carbonyl (C=O) groups is 1. The van der Waals surface area contributed by atoms with Crippen molar-refractivity contribution < 1.29 is 14.3 Å². The second-order valence-electron chi connectivity index (χ2n) is 6.26. The fourth-order valence-electron chi connectivity index (χ4n) is 2.56. The first-order valence-corrected chi connectivity index (χ1v) is 9.79. The van der Waals surface area contributed by atoms with Gasteiger partial charge in [-0.2, -0.15) is 0 Å². The van der Waals surface area contributed by atoms with E-state index in [1.54, 1.807) is 14.0 Å². The number of nitrogens with one attached hydrogen (secondary N) is 1. The van der Waals surface area contributed by atoms with Crippen molar-refractivity contribution in [3.8, 4) is 22.1 Å². The van der Waals surface area contributed by atoms with E-state index in [-0.39, 0.29) is 5.91 Å². The zero-order valence-corrected chi connectivity index (χ0v) is 17.5. The van der Waals surface area contributed by atoms with Crippen molar-refractivity contribution in [2.45, 2.75) is 26.9 Å². The third-order valence-electron chi connectivity index (χ3n) is 4.08. The van der Waals surface area contributed by atoms with Gasteiger partial charge in [0.2, 0.25) is 5.13 Å². The summed E-state index contributed by atoms with van der Waals surface area (Å²) in [4.78, 5) is 12.4. The standard InChI is InChI=1S/C20H20ClN3O3S/c1-11-9-16(10-12(2)17(11)21)27-13(3)18(25)22-20-24-23-19(28-20)14-5-7-15(26-4)8-6-14/h5-10,13H,1-4H3,(H,22,24,25). The molecule has 3 aromatic rings. The molecule has 0 aliphatic carbocycles. The van der Waals surface area contributed by atoms with Crippen molar-refractivity contribution in [3.63, 3.8) is 0 Å². The molecule has 0 radical (unpaired) electrons. The summed E-state index contributed by atoms with van der Waals surface area (Å²) in [6, 6.07) is 11.1. The van der Waals surface area contributed by atoms with E-state index in [2.05, 4.69) is 15.5 Å². The van der Waals surface area contributed by atoms with Crippen LogP contribution in [0.3, 0.4) is 0 Å². The average molecular weight is 418 g/mol. The SMILES string of the molecule is COc1ccc(-c2nnc(NC(=O)C(C)Oc3cc(C)c(Cl)c(C)c3)s2)cc1. The molecule has 8 heteroatoms. The maximum absolute atomic E-state index is 12.4. The second kappa shape index (κ2) is 8.58. The topological polar surface area (TPSA) is 73.3 Å². The number of nitrogens with zero attached hydrogens (tertiary/aromatic N) is 2. The van der Waals surface area contributed by atoms with Crippen molar-refractivity contribution in [2.75, 3.05) is 12.4 Å². The molecule has 1 N–H and O–H groups in total. The van der Waals surface area contributed by atoms with Gasteiger partial charge in [0.25, 0.3) is 5.91 Å². The molecule has 146 valence electrons. The van der Waals surface area contributed by atoms with Crippen LogP contribution in [-0.4, -0.2) is 29.3 Å². The summed E-state index contributed by atoms with van der Waals surface area (Å²) in [6.45, 7) is 5.48. The highest BCUT2D eigenvalue weighted by molar-refractivity contribution is 7.18. The molecule has 1 heterocycles. The number of hydrogen-bond acceptors (Lipinski definition) is 6.